The van der Waals surface area contributed by atoms with Crippen molar-refractivity contribution in [2.75, 3.05) is 0 Å². The lowest BCUT2D eigenvalue weighted by atomic mass is 9.63. The van der Waals surface area contributed by atoms with Gasteiger partial charge in [-0.25, -0.2) is 0 Å². The maximum absolute atomic E-state index is 5.76. The van der Waals surface area contributed by atoms with Crippen molar-refractivity contribution < 1.29 is 0 Å². The van der Waals surface area contributed by atoms with E-state index in [9.17, 15) is 0 Å². The lowest BCUT2D eigenvalue weighted by Crippen LogP contribution is -2.33. The van der Waals surface area contributed by atoms with Crippen LogP contribution in [0, 0.1) is 0 Å². The third kappa shape index (κ3) is 3.49. The van der Waals surface area contributed by atoms with E-state index in [1.807, 2.05) is 12.1 Å². The minimum Gasteiger partial charge on any atom is -0.399 e. The highest BCUT2D eigenvalue weighted by atomic mass is 14.6. The van der Waals surface area contributed by atoms with Crippen LogP contribution in [-0.4, -0.2) is 0 Å². The number of fused-ring (bicyclic) bond motifs is 1. The van der Waals surface area contributed by atoms with Gasteiger partial charge < -0.3 is 5.73 Å². The van der Waals surface area contributed by atoms with Crippen LogP contribution in [0.1, 0.15) is 75.3 Å². The normalized spacial score (nSPS) is 18.3. The molecule has 1 aliphatic rings. The van der Waals surface area contributed by atoms with E-state index in [1.165, 1.54) is 40.7 Å². The number of allylic oxidation sites excluding steroid dienone is 1. The Morgan fingerprint density at radius 3 is 2.00 bits per heavy atom. The quantitative estimate of drug-likeness (QED) is 0.629. The molecular weight excluding hydrogens is 314 g/mol. The van der Waals surface area contributed by atoms with Gasteiger partial charge in [0.1, 0.15) is 0 Å². The molecule has 0 aliphatic heterocycles. The lowest BCUT2D eigenvalue weighted by molar-refractivity contribution is 0.332. The van der Waals surface area contributed by atoms with Crippen molar-refractivity contribution in [3.05, 3.63) is 76.9 Å². The van der Waals surface area contributed by atoms with Crippen molar-refractivity contribution in [1.29, 1.82) is 0 Å². The summed E-state index contributed by atoms with van der Waals surface area (Å²) in [6.45, 7) is 15.5. The van der Waals surface area contributed by atoms with Gasteiger partial charge in [-0.1, -0.05) is 82.8 Å². The van der Waals surface area contributed by atoms with Gasteiger partial charge in [-0.3, -0.25) is 0 Å². The molecule has 0 atom stereocenters. The van der Waals surface area contributed by atoms with Gasteiger partial charge in [0.2, 0.25) is 0 Å². The number of hydrogen-bond donors (Lipinski definition) is 1. The number of hydrogen-bond acceptors (Lipinski definition) is 1. The molecule has 26 heavy (non-hydrogen) atoms. The Morgan fingerprint density at radius 1 is 0.885 bits per heavy atom. The van der Waals surface area contributed by atoms with Gasteiger partial charge in [0, 0.05) is 5.70 Å². The molecule has 0 saturated heterocycles. The van der Waals surface area contributed by atoms with Crippen molar-refractivity contribution in [1.82, 2.24) is 0 Å². The second-order valence-electron chi connectivity index (χ2n) is 9.00. The van der Waals surface area contributed by atoms with Gasteiger partial charge in [-0.05, 0) is 64.0 Å². The Bertz CT molecular complexity index is 864. The van der Waals surface area contributed by atoms with E-state index in [1.54, 1.807) is 0 Å². The van der Waals surface area contributed by atoms with Gasteiger partial charge in [-0.2, -0.15) is 0 Å². The molecule has 2 N–H and O–H groups in total. The summed E-state index contributed by atoms with van der Waals surface area (Å²) in [5.41, 5.74) is 14.7. The monoisotopic (exact) mass is 345 g/mol. The summed E-state index contributed by atoms with van der Waals surface area (Å²) >= 11 is 0. The zero-order valence-electron chi connectivity index (χ0n) is 16.8. The molecule has 3 rings (SSSR count). The molecule has 0 heterocycles. The van der Waals surface area contributed by atoms with Crippen molar-refractivity contribution in [3.8, 4) is 0 Å². The zero-order chi connectivity index (χ0) is 19.1. The van der Waals surface area contributed by atoms with E-state index in [0.717, 1.165) is 5.56 Å². The maximum atomic E-state index is 5.76. The van der Waals surface area contributed by atoms with Crippen LogP contribution in [-0.2, 0) is 10.8 Å². The summed E-state index contributed by atoms with van der Waals surface area (Å²) in [4.78, 5) is 0. The van der Waals surface area contributed by atoms with E-state index in [4.69, 9.17) is 5.73 Å². The molecule has 0 bridgehead atoms. The molecule has 0 spiro atoms. The van der Waals surface area contributed by atoms with Gasteiger partial charge in [-0.15, -0.1) is 0 Å². The molecular formula is C25H31N. The van der Waals surface area contributed by atoms with Crippen LogP contribution in [0.25, 0.3) is 17.3 Å². The highest BCUT2D eigenvalue weighted by Gasteiger charge is 2.36. The van der Waals surface area contributed by atoms with Crippen LogP contribution in [0.5, 0.6) is 0 Å². The van der Waals surface area contributed by atoms with Crippen LogP contribution in [0.2, 0.25) is 0 Å². The molecule has 0 radical (unpaired) electrons. The van der Waals surface area contributed by atoms with E-state index >= 15 is 0 Å². The molecule has 0 unspecified atom stereocenters. The lowest BCUT2D eigenvalue weighted by Gasteiger charge is -2.42. The molecule has 0 aromatic heterocycles. The summed E-state index contributed by atoms with van der Waals surface area (Å²) in [5, 5.41) is 0. The summed E-state index contributed by atoms with van der Waals surface area (Å²) in [6.07, 6.45) is 4.73. The van der Waals surface area contributed by atoms with Crippen LogP contribution < -0.4 is 5.73 Å². The van der Waals surface area contributed by atoms with Gasteiger partial charge >= 0.3 is 0 Å². The molecule has 1 aliphatic carbocycles. The van der Waals surface area contributed by atoms with Gasteiger partial charge in [0.15, 0.2) is 0 Å². The molecule has 1 heteroatoms. The fraction of sp³-hybridized carbons (Fsp3) is 0.360. The molecule has 2 aromatic rings. The second-order valence-corrected chi connectivity index (χ2v) is 9.00. The Balaban J connectivity index is 1.98. The summed E-state index contributed by atoms with van der Waals surface area (Å²) in [5.74, 6) is 0. The fourth-order valence-corrected chi connectivity index (χ4v) is 3.96. The average molecular weight is 346 g/mol. The smallest absolute Gasteiger partial charge is 0.0314 e. The van der Waals surface area contributed by atoms with Crippen molar-refractivity contribution >= 4 is 17.3 Å². The van der Waals surface area contributed by atoms with Crippen molar-refractivity contribution in [3.63, 3.8) is 0 Å². The van der Waals surface area contributed by atoms with Crippen LogP contribution >= 0.6 is 0 Å². The number of nitrogens with two attached hydrogens (primary N) is 1. The first kappa shape index (κ1) is 18.5. The Labute approximate surface area is 158 Å². The van der Waals surface area contributed by atoms with Crippen LogP contribution in [0.15, 0.2) is 49.0 Å². The molecule has 0 saturated carbocycles. The third-order valence-electron chi connectivity index (χ3n) is 5.97. The highest BCUT2D eigenvalue weighted by Crippen LogP contribution is 2.46. The SMILES string of the molecule is C=C(N)c1ccc(/C=C(\C)c2ccc3c(c2)C(C)(C)CCC3(C)C)cc1. The standard InChI is InChI=1S/C25H31N/c1-17(15-19-7-9-20(10-8-19)18(2)26)21-11-12-22-23(16-21)25(5,6)14-13-24(22,3)4/h7-12,15-16H,2,13-14,26H2,1,3-6H3/b17-15+. The van der Waals surface area contributed by atoms with Gasteiger partial charge in [0.05, 0.1) is 0 Å². The summed E-state index contributed by atoms with van der Waals surface area (Å²) < 4.78 is 0. The fourth-order valence-electron chi connectivity index (χ4n) is 3.96. The van der Waals surface area contributed by atoms with E-state index < -0.39 is 0 Å². The van der Waals surface area contributed by atoms with E-state index in [0.29, 0.717) is 5.70 Å². The molecule has 0 amide bonds. The Hall–Kier alpha value is -2.28. The first-order chi connectivity index (χ1) is 12.1. The van der Waals surface area contributed by atoms with Crippen LogP contribution in [0.4, 0.5) is 0 Å². The van der Waals surface area contributed by atoms with Crippen LogP contribution in [0.3, 0.4) is 0 Å². The minimum absolute atomic E-state index is 0.240. The second kappa shape index (κ2) is 6.46. The summed E-state index contributed by atoms with van der Waals surface area (Å²) in [7, 11) is 0. The molecule has 136 valence electrons. The number of rotatable bonds is 3. The first-order valence-corrected chi connectivity index (χ1v) is 9.49. The molecule has 0 fully saturated rings. The third-order valence-corrected chi connectivity index (χ3v) is 5.97. The predicted molar refractivity (Wildman–Crippen MR) is 115 cm³/mol. The predicted octanol–water partition coefficient (Wildman–Crippen LogP) is 6.53. The molecule has 1 nitrogen and oxygen atoms in total. The van der Waals surface area contributed by atoms with E-state index in [2.05, 4.69) is 77.6 Å². The average Bonchev–Trinajstić information content (AvgIpc) is 2.59. The Morgan fingerprint density at radius 2 is 1.42 bits per heavy atom. The summed E-state index contributed by atoms with van der Waals surface area (Å²) in [6, 6.07) is 15.3. The van der Waals surface area contributed by atoms with Crippen molar-refractivity contribution in [2.24, 2.45) is 5.73 Å². The number of benzene rings is 2. The topological polar surface area (TPSA) is 26.0 Å². The van der Waals surface area contributed by atoms with E-state index in [-0.39, 0.29) is 10.8 Å². The Kier molecular flexibility index (Phi) is 4.60. The zero-order valence-corrected chi connectivity index (χ0v) is 16.8. The maximum Gasteiger partial charge on any atom is 0.0314 e. The van der Waals surface area contributed by atoms with Gasteiger partial charge in [0.25, 0.3) is 0 Å². The highest BCUT2D eigenvalue weighted by molar-refractivity contribution is 5.81. The first-order valence-electron chi connectivity index (χ1n) is 9.49. The largest absolute Gasteiger partial charge is 0.399 e. The minimum atomic E-state index is 0.240. The molecule has 2 aromatic carbocycles. The van der Waals surface area contributed by atoms with Crippen molar-refractivity contribution in [2.45, 2.75) is 58.3 Å².